The first-order chi connectivity index (χ1) is 16.0. The molecule has 0 radical (unpaired) electrons. The van der Waals surface area contributed by atoms with Crippen molar-refractivity contribution in [2.24, 2.45) is 0 Å². The van der Waals surface area contributed by atoms with Gasteiger partial charge in [-0.15, -0.1) is 0 Å². The molecule has 0 unspecified atom stereocenters. The van der Waals surface area contributed by atoms with Crippen molar-refractivity contribution in [2.75, 3.05) is 22.6 Å². The van der Waals surface area contributed by atoms with Crippen LogP contribution in [0.15, 0.2) is 46.2 Å². The van der Waals surface area contributed by atoms with Gasteiger partial charge in [0.2, 0.25) is 0 Å². The number of carbonyl (C=O) groups excluding carboxylic acids is 1. The molecule has 1 aromatic heterocycles. The minimum atomic E-state index is -1.09. The van der Waals surface area contributed by atoms with Gasteiger partial charge < -0.3 is 20.6 Å². The van der Waals surface area contributed by atoms with Crippen molar-refractivity contribution in [1.82, 2.24) is 4.98 Å². The number of carboxylic acid groups (broad SMARTS) is 1. The molecule has 9 nitrogen and oxygen atoms in total. The highest BCUT2D eigenvalue weighted by atomic mass is 35.5. The lowest BCUT2D eigenvalue weighted by atomic mass is 10.0. The first kappa shape index (κ1) is 25.2. The Bertz CT molecular complexity index is 1280. The number of benzene rings is 1. The van der Waals surface area contributed by atoms with E-state index in [1.807, 2.05) is 13.8 Å². The van der Waals surface area contributed by atoms with Gasteiger partial charge in [-0.1, -0.05) is 35.3 Å². The number of amides is 1. The number of halogens is 2. The Morgan fingerprint density at radius 1 is 1.06 bits per heavy atom. The number of aromatic nitrogens is 1. The predicted molar refractivity (Wildman–Crippen MR) is 132 cm³/mol. The number of hydrogen-bond acceptors (Lipinski definition) is 7. The van der Waals surface area contributed by atoms with Crippen molar-refractivity contribution in [2.45, 2.75) is 32.4 Å². The van der Waals surface area contributed by atoms with E-state index in [9.17, 15) is 24.3 Å². The first-order valence-corrected chi connectivity index (χ1v) is 11.0. The molecule has 1 heterocycles. The minimum Gasteiger partial charge on any atom is -0.481 e. The van der Waals surface area contributed by atoms with E-state index in [2.05, 4.69) is 15.6 Å². The topological polar surface area (TPSA) is 129 Å². The largest absolute Gasteiger partial charge is 0.481 e. The van der Waals surface area contributed by atoms with Crippen LogP contribution in [-0.2, 0) is 4.79 Å². The SMILES string of the molecule is CC(C)N(C)c1c(N[C@@H](CC(=O)O)c2ccc(NC(=O)c3c(Cl)cncc3Cl)cc2)c(=O)c1=O. The zero-order valence-corrected chi connectivity index (χ0v) is 20.1. The highest BCUT2D eigenvalue weighted by Crippen LogP contribution is 2.29. The van der Waals surface area contributed by atoms with Crippen molar-refractivity contribution < 1.29 is 14.7 Å². The summed E-state index contributed by atoms with van der Waals surface area (Å²) in [5.41, 5.74) is 0.0618. The van der Waals surface area contributed by atoms with Crippen LogP contribution in [0.3, 0.4) is 0 Å². The van der Waals surface area contributed by atoms with Crippen LogP contribution in [0.5, 0.6) is 0 Å². The Hall–Kier alpha value is -3.43. The lowest BCUT2D eigenvalue weighted by Crippen LogP contribution is -2.44. The summed E-state index contributed by atoms with van der Waals surface area (Å²) in [5.74, 6) is -1.62. The molecule has 178 valence electrons. The molecule has 1 atom stereocenters. The van der Waals surface area contributed by atoms with E-state index in [4.69, 9.17) is 23.2 Å². The number of carbonyl (C=O) groups is 2. The molecule has 0 bridgehead atoms. The summed E-state index contributed by atoms with van der Waals surface area (Å²) in [6.07, 6.45) is 2.27. The zero-order valence-electron chi connectivity index (χ0n) is 18.6. The van der Waals surface area contributed by atoms with Gasteiger partial charge >= 0.3 is 5.97 Å². The van der Waals surface area contributed by atoms with Gasteiger partial charge in [0.25, 0.3) is 16.8 Å². The van der Waals surface area contributed by atoms with Crippen molar-refractivity contribution in [3.05, 3.63) is 78.3 Å². The molecule has 1 amide bonds. The molecule has 2 aromatic carbocycles. The minimum absolute atomic E-state index is 0.0351. The van der Waals surface area contributed by atoms with Gasteiger partial charge in [0, 0.05) is 31.2 Å². The quantitative estimate of drug-likeness (QED) is 0.376. The smallest absolute Gasteiger partial charge is 0.305 e. The van der Waals surface area contributed by atoms with Gasteiger partial charge in [0.15, 0.2) is 0 Å². The Balaban J connectivity index is 1.83. The molecule has 34 heavy (non-hydrogen) atoms. The Morgan fingerprint density at radius 3 is 2.18 bits per heavy atom. The molecule has 0 saturated heterocycles. The van der Waals surface area contributed by atoms with Crippen LogP contribution in [0.1, 0.15) is 42.2 Å². The third-order valence-electron chi connectivity index (χ3n) is 5.36. The number of carboxylic acids is 1. The number of nitrogens with zero attached hydrogens (tertiary/aromatic N) is 2. The highest BCUT2D eigenvalue weighted by Gasteiger charge is 2.28. The number of nitrogens with one attached hydrogen (secondary N) is 2. The van der Waals surface area contributed by atoms with E-state index >= 15 is 0 Å². The molecule has 3 aromatic rings. The standard InChI is InChI=1S/C23H22Cl2N4O5/c1-11(2)29(3)20-19(21(32)22(20)33)28-16(8-17(30)31)12-4-6-13(7-5-12)27-23(34)18-14(24)9-26-10-15(18)25/h4-7,9-11,16,28H,8H2,1-3H3,(H,27,34)(H,30,31)/t16-/m0/s1. The van der Waals surface area contributed by atoms with Gasteiger partial charge in [-0.2, -0.15) is 0 Å². The monoisotopic (exact) mass is 504 g/mol. The van der Waals surface area contributed by atoms with Crippen LogP contribution in [0.25, 0.3) is 0 Å². The van der Waals surface area contributed by atoms with Gasteiger partial charge in [-0.05, 0) is 31.5 Å². The number of rotatable bonds is 9. The highest BCUT2D eigenvalue weighted by molar-refractivity contribution is 6.40. The Kier molecular flexibility index (Phi) is 7.58. The van der Waals surface area contributed by atoms with E-state index in [1.54, 1.807) is 36.2 Å². The number of anilines is 3. The lowest BCUT2D eigenvalue weighted by Gasteiger charge is -2.29. The molecular formula is C23H22Cl2N4O5. The van der Waals surface area contributed by atoms with E-state index in [0.29, 0.717) is 11.3 Å². The maximum atomic E-state index is 12.6. The maximum Gasteiger partial charge on any atom is 0.305 e. The van der Waals surface area contributed by atoms with Crippen LogP contribution in [0.4, 0.5) is 17.1 Å². The number of aliphatic carboxylic acids is 1. The zero-order chi connectivity index (χ0) is 25.2. The van der Waals surface area contributed by atoms with Crippen molar-refractivity contribution in [1.29, 1.82) is 0 Å². The molecule has 0 aliphatic heterocycles. The van der Waals surface area contributed by atoms with Gasteiger partial charge in [-0.3, -0.25) is 24.2 Å². The average Bonchev–Trinajstić information content (AvgIpc) is 2.77. The Morgan fingerprint density at radius 2 is 1.65 bits per heavy atom. The van der Waals surface area contributed by atoms with Crippen LogP contribution >= 0.6 is 23.2 Å². The second-order valence-electron chi connectivity index (χ2n) is 7.94. The summed E-state index contributed by atoms with van der Waals surface area (Å²) < 4.78 is 0. The van der Waals surface area contributed by atoms with Crippen LogP contribution in [-0.4, -0.2) is 35.1 Å². The Labute approximate surface area is 205 Å². The molecule has 0 spiro atoms. The van der Waals surface area contributed by atoms with Gasteiger partial charge in [0.05, 0.1) is 28.1 Å². The summed E-state index contributed by atoms with van der Waals surface area (Å²) in [6, 6.07) is 5.57. The van der Waals surface area contributed by atoms with E-state index < -0.39 is 28.8 Å². The van der Waals surface area contributed by atoms with Crippen molar-refractivity contribution >= 4 is 52.1 Å². The average molecular weight is 505 g/mol. The number of hydrogen-bond donors (Lipinski definition) is 3. The fraction of sp³-hybridized carbons (Fsp3) is 0.261. The van der Waals surface area contributed by atoms with Crippen LogP contribution in [0.2, 0.25) is 10.0 Å². The van der Waals surface area contributed by atoms with Crippen LogP contribution < -0.4 is 26.4 Å². The summed E-state index contributed by atoms with van der Waals surface area (Å²) in [4.78, 5) is 53.8. The van der Waals surface area contributed by atoms with Crippen molar-refractivity contribution in [3.8, 4) is 0 Å². The molecule has 0 saturated carbocycles. The summed E-state index contributed by atoms with van der Waals surface area (Å²) in [6.45, 7) is 3.74. The second-order valence-corrected chi connectivity index (χ2v) is 8.75. The summed E-state index contributed by atoms with van der Waals surface area (Å²) in [5, 5.41) is 15.2. The molecular weight excluding hydrogens is 483 g/mol. The molecule has 0 aliphatic carbocycles. The first-order valence-electron chi connectivity index (χ1n) is 10.3. The molecule has 3 N–H and O–H groups in total. The van der Waals surface area contributed by atoms with E-state index in [-0.39, 0.29) is 39.4 Å². The predicted octanol–water partition coefficient (Wildman–Crippen LogP) is 3.71. The normalized spacial score (nSPS) is 11.9. The lowest BCUT2D eigenvalue weighted by molar-refractivity contribution is -0.137. The fourth-order valence-electron chi connectivity index (χ4n) is 3.33. The summed E-state index contributed by atoms with van der Waals surface area (Å²) >= 11 is 12.0. The van der Waals surface area contributed by atoms with E-state index in [0.717, 1.165) is 0 Å². The van der Waals surface area contributed by atoms with Crippen LogP contribution in [0, 0.1) is 0 Å². The third kappa shape index (κ3) is 5.21. The third-order valence-corrected chi connectivity index (χ3v) is 5.93. The maximum absolute atomic E-state index is 12.6. The molecule has 3 rings (SSSR count). The van der Waals surface area contributed by atoms with Crippen molar-refractivity contribution in [3.63, 3.8) is 0 Å². The fourth-order valence-corrected chi connectivity index (χ4v) is 3.87. The van der Waals surface area contributed by atoms with Gasteiger partial charge in [-0.25, -0.2) is 0 Å². The molecule has 0 aliphatic rings. The number of pyridine rings is 1. The van der Waals surface area contributed by atoms with E-state index in [1.165, 1.54) is 12.4 Å². The van der Waals surface area contributed by atoms with Gasteiger partial charge in [0.1, 0.15) is 11.4 Å². The summed E-state index contributed by atoms with van der Waals surface area (Å²) in [7, 11) is 1.69. The molecule has 11 heteroatoms. The molecule has 0 fully saturated rings. The second kappa shape index (κ2) is 10.2.